The maximum atomic E-state index is 10.5. The standard InChI is InChI=1S/C11H14O4/c1-8(11(12)13)15-7-9-5-3-4-6-10(9)14-2/h3-6,8H,7H2,1-2H3,(H,12,13)/t8-/m1/s1. The third-order valence-electron chi connectivity index (χ3n) is 2.03. The van der Waals surface area contributed by atoms with E-state index in [4.69, 9.17) is 14.6 Å². The molecule has 0 aliphatic heterocycles. The second-order valence-electron chi connectivity index (χ2n) is 3.10. The van der Waals surface area contributed by atoms with Gasteiger partial charge in [-0.3, -0.25) is 0 Å². The molecule has 1 aromatic carbocycles. The van der Waals surface area contributed by atoms with Crippen molar-refractivity contribution in [3.05, 3.63) is 29.8 Å². The van der Waals surface area contributed by atoms with Crippen LogP contribution in [0.5, 0.6) is 5.75 Å². The van der Waals surface area contributed by atoms with Crippen LogP contribution in [0.1, 0.15) is 12.5 Å². The monoisotopic (exact) mass is 210 g/mol. The highest BCUT2D eigenvalue weighted by Gasteiger charge is 2.12. The summed E-state index contributed by atoms with van der Waals surface area (Å²) in [6.45, 7) is 1.73. The van der Waals surface area contributed by atoms with E-state index in [2.05, 4.69) is 0 Å². The third kappa shape index (κ3) is 3.25. The molecule has 0 aliphatic carbocycles. The summed E-state index contributed by atoms with van der Waals surface area (Å²) in [7, 11) is 1.57. The summed E-state index contributed by atoms with van der Waals surface area (Å²) in [5.41, 5.74) is 0.841. The summed E-state index contributed by atoms with van der Waals surface area (Å²) < 4.78 is 10.3. The fraction of sp³-hybridized carbons (Fsp3) is 0.364. The van der Waals surface area contributed by atoms with E-state index in [9.17, 15) is 4.79 Å². The first-order chi connectivity index (χ1) is 7.15. The van der Waals surface area contributed by atoms with Crippen LogP contribution in [0.4, 0.5) is 0 Å². The summed E-state index contributed by atoms with van der Waals surface area (Å²) in [5, 5.41) is 8.63. The van der Waals surface area contributed by atoms with Gasteiger partial charge in [0.1, 0.15) is 5.75 Å². The van der Waals surface area contributed by atoms with Gasteiger partial charge in [0.2, 0.25) is 0 Å². The Labute approximate surface area is 88.4 Å². The van der Waals surface area contributed by atoms with E-state index in [-0.39, 0.29) is 6.61 Å². The fourth-order valence-corrected chi connectivity index (χ4v) is 1.11. The van der Waals surface area contributed by atoms with E-state index >= 15 is 0 Å². The van der Waals surface area contributed by atoms with Gasteiger partial charge in [0, 0.05) is 5.56 Å². The molecule has 0 fully saturated rings. The zero-order chi connectivity index (χ0) is 11.3. The molecule has 0 amide bonds. The van der Waals surface area contributed by atoms with E-state index < -0.39 is 12.1 Å². The lowest BCUT2D eigenvalue weighted by molar-refractivity contribution is -0.149. The molecule has 0 bridgehead atoms. The minimum atomic E-state index is -0.968. The largest absolute Gasteiger partial charge is 0.496 e. The highest BCUT2D eigenvalue weighted by atomic mass is 16.5. The summed E-state index contributed by atoms with van der Waals surface area (Å²) in [4.78, 5) is 10.5. The number of hydrogen-bond donors (Lipinski definition) is 1. The van der Waals surface area contributed by atoms with Gasteiger partial charge in [-0.15, -0.1) is 0 Å². The highest BCUT2D eigenvalue weighted by molar-refractivity contribution is 5.71. The Morgan fingerprint density at radius 3 is 2.73 bits per heavy atom. The molecule has 0 aromatic heterocycles. The molecule has 0 aliphatic rings. The Kier molecular flexibility index (Phi) is 4.12. The van der Waals surface area contributed by atoms with Crippen molar-refractivity contribution in [1.82, 2.24) is 0 Å². The molecule has 1 aromatic rings. The predicted octanol–water partition coefficient (Wildman–Crippen LogP) is 1.68. The zero-order valence-corrected chi connectivity index (χ0v) is 8.77. The van der Waals surface area contributed by atoms with Crippen molar-refractivity contribution < 1.29 is 19.4 Å². The van der Waals surface area contributed by atoms with E-state index in [0.717, 1.165) is 5.56 Å². The number of ether oxygens (including phenoxy) is 2. The third-order valence-corrected chi connectivity index (χ3v) is 2.03. The topological polar surface area (TPSA) is 55.8 Å². The molecular formula is C11H14O4. The Hall–Kier alpha value is -1.55. The molecule has 15 heavy (non-hydrogen) atoms. The molecule has 0 saturated heterocycles. The molecule has 0 radical (unpaired) electrons. The first kappa shape index (κ1) is 11.5. The van der Waals surface area contributed by atoms with Crippen molar-refractivity contribution in [3.8, 4) is 5.75 Å². The van der Waals surface area contributed by atoms with Gasteiger partial charge < -0.3 is 14.6 Å². The molecule has 1 N–H and O–H groups in total. The molecule has 0 unspecified atom stereocenters. The summed E-state index contributed by atoms with van der Waals surface area (Å²) in [5.74, 6) is -0.264. The molecule has 1 rings (SSSR count). The fourth-order valence-electron chi connectivity index (χ4n) is 1.11. The molecule has 0 heterocycles. The van der Waals surface area contributed by atoms with Gasteiger partial charge in [-0.05, 0) is 13.0 Å². The van der Waals surface area contributed by atoms with Crippen molar-refractivity contribution in [2.24, 2.45) is 0 Å². The van der Waals surface area contributed by atoms with Crippen LogP contribution in [0, 0.1) is 0 Å². The quantitative estimate of drug-likeness (QED) is 0.803. The van der Waals surface area contributed by atoms with Crippen molar-refractivity contribution in [2.45, 2.75) is 19.6 Å². The van der Waals surface area contributed by atoms with E-state index in [1.165, 1.54) is 6.92 Å². The molecule has 0 spiro atoms. The number of para-hydroxylation sites is 1. The van der Waals surface area contributed by atoms with Crippen LogP contribution in [0.25, 0.3) is 0 Å². The van der Waals surface area contributed by atoms with Crippen LogP contribution in [-0.2, 0) is 16.1 Å². The Balaban J connectivity index is 2.60. The van der Waals surface area contributed by atoms with Gasteiger partial charge >= 0.3 is 5.97 Å². The van der Waals surface area contributed by atoms with E-state index in [1.807, 2.05) is 24.3 Å². The average Bonchev–Trinajstić information content (AvgIpc) is 2.26. The van der Waals surface area contributed by atoms with Crippen LogP contribution >= 0.6 is 0 Å². The number of hydrogen-bond acceptors (Lipinski definition) is 3. The molecule has 1 atom stereocenters. The van der Waals surface area contributed by atoms with Gasteiger partial charge in [0.15, 0.2) is 6.10 Å². The summed E-state index contributed by atoms with van der Waals surface area (Å²) in [6, 6.07) is 7.35. The summed E-state index contributed by atoms with van der Waals surface area (Å²) in [6.07, 6.45) is -0.810. The van der Waals surface area contributed by atoms with Gasteiger partial charge in [0.25, 0.3) is 0 Å². The number of carboxylic acids is 1. The molecule has 0 saturated carbocycles. The van der Waals surface area contributed by atoms with Crippen LogP contribution in [0.2, 0.25) is 0 Å². The molecule has 82 valence electrons. The highest BCUT2D eigenvalue weighted by Crippen LogP contribution is 2.18. The van der Waals surface area contributed by atoms with Gasteiger partial charge in [-0.25, -0.2) is 4.79 Å². The van der Waals surface area contributed by atoms with Crippen LogP contribution in [-0.4, -0.2) is 24.3 Å². The Morgan fingerprint density at radius 2 is 2.13 bits per heavy atom. The Bertz CT molecular complexity index is 335. The lowest BCUT2D eigenvalue weighted by Crippen LogP contribution is -2.19. The molecule has 4 heteroatoms. The van der Waals surface area contributed by atoms with Gasteiger partial charge in [0.05, 0.1) is 13.7 Å². The minimum absolute atomic E-state index is 0.234. The average molecular weight is 210 g/mol. The number of aliphatic carboxylic acids is 1. The molecular weight excluding hydrogens is 196 g/mol. The van der Waals surface area contributed by atoms with E-state index in [0.29, 0.717) is 5.75 Å². The minimum Gasteiger partial charge on any atom is -0.496 e. The smallest absolute Gasteiger partial charge is 0.332 e. The normalized spacial score (nSPS) is 12.1. The second kappa shape index (κ2) is 5.36. The lowest BCUT2D eigenvalue weighted by atomic mass is 10.2. The number of carbonyl (C=O) groups is 1. The number of benzene rings is 1. The Morgan fingerprint density at radius 1 is 1.47 bits per heavy atom. The maximum absolute atomic E-state index is 10.5. The maximum Gasteiger partial charge on any atom is 0.332 e. The SMILES string of the molecule is COc1ccccc1CO[C@H](C)C(=O)O. The first-order valence-electron chi connectivity index (χ1n) is 4.61. The van der Waals surface area contributed by atoms with Gasteiger partial charge in [-0.2, -0.15) is 0 Å². The van der Waals surface area contributed by atoms with Crippen molar-refractivity contribution in [3.63, 3.8) is 0 Å². The van der Waals surface area contributed by atoms with Crippen molar-refractivity contribution in [1.29, 1.82) is 0 Å². The summed E-state index contributed by atoms with van der Waals surface area (Å²) >= 11 is 0. The van der Waals surface area contributed by atoms with Crippen LogP contribution < -0.4 is 4.74 Å². The van der Waals surface area contributed by atoms with Crippen LogP contribution in [0.3, 0.4) is 0 Å². The van der Waals surface area contributed by atoms with E-state index in [1.54, 1.807) is 7.11 Å². The molecule has 4 nitrogen and oxygen atoms in total. The zero-order valence-electron chi connectivity index (χ0n) is 8.77. The number of carboxylic acid groups (broad SMARTS) is 1. The second-order valence-corrected chi connectivity index (χ2v) is 3.10. The van der Waals surface area contributed by atoms with Gasteiger partial charge in [-0.1, -0.05) is 18.2 Å². The van der Waals surface area contributed by atoms with Crippen molar-refractivity contribution >= 4 is 5.97 Å². The lowest BCUT2D eigenvalue weighted by Gasteiger charge is -2.11. The number of rotatable bonds is 5. The first-order valence-corrected chi connectivity index (χ1v) is 4.61. The number of methoxy groups -OCH3 is 1. The predicted molar refractivity (Wildman–Crippen MR) is 54.9 cm³/mol. The van der Waals surface area contributed by atoms with Crippen LogP contribution in [0.15, 0.2) is 24.3 Å². The van der Waals surface area contributed by atoms with Crippen molar-refractivity contribution in [2.75, 3.05) is 7.11 Å².